The Bertz CT molecular complexity index is 871. The van der Waals surface area contributed by atoms with Crippen LogP contribution in [0.15, 0.2) is 48.5 Å². The van der Waals surface area contributed by atoms with Crippen molar-refractivity contribution in [3.63, 3.8) is 0 Å². The zero-order valence-electron chi connectivity index (χ0n) is 17.9. The molecule has 2 amide bonds. The third-order valence-corrected chi connectivity index (χ3v) is 4.58. The molecule has 7 nitrogen and oxygen atoms in total. The lowest BCUT2D eigenvalue weighted by Crippen LogP contribution is -2.49. The maximum absolute atomic E-state index is 12.3. The molecule has 0 radical (unpaired) electrons. The van der Waals surface area contributed by atoms with Crippen molar-refractivity contribution in [2.45, 2.75) is 39.5 Å². The topological polar surface area (TPSA) is 88.7 Å². The molecule has 0 heterocycles. The van der Waals surface area contributed by atoms with Crippen molar-refractivity contribution in [3.8, 4) is 11.5 Å². The number of carbonyl (C=O) groups excluding carboxylic acids is 2. The number of para-hydroxylation sites is 1. The van der Waals surface area contributed by atoms with E-state index in [0.29, 0.717) is 17.9 Å². The van der Waals surface area contributed by atoms with E-state index in [1.54, 1.807) is 30.3 Å². The van der Waals surface area contributed by atoms with E-state index in [4.69, 9.17) is 21.7 Å². The molecule has 0 atom stereocenters. The Morgan fingerprint density at radius 3 is 2.39 bits per heavy atom. The Morgan fingerprint density at radius 1 is 0.935 bits per heavy atom. The predicted octanol–water partition coefficient (Wildman–Crippen LogP) is 3.67. The largest absolute Gasteiger partial charge is 0.494 e. The third kappa shape index (κ3) is 9.04. The average molecular weight is 444 g/mol. The molecule has 2 aromatic carbocycles. The number of benzene rings is 2. The number of aryl methyl sites for hydroxylation is 1. The Kier molecular flexibility index (Phi) is 10.3. The fraction of sp³-hybridized carbons (Fsp3) is 0.348. The van der Waals surface area contributed by atoms with Crippen molar-refractivity contribution in [1.29, 1.82) is 0 Å². The highest BCUT2D eigenvalue weighted by Gasteiger charge is 2.09. The summed E-state index contributed by atoms with van der Waals surface area (Å²) in [4.78, 5) is 24.2. The summed E-state index contributed by atoms with van der Waals surface area (Å²) in [6.07, 6.45) is 4.55. The molecule has 31 heavy (non-hydrogen) atoms. The molecule has 0 aromatic heterocycles. The zero-order valence-corrected chi connectivity index (χ0v) is 18.7. The summed E-state index contributed by atoms with van der Waals surface area (Å²) in [6.45, 7) is 4.53. The smallest absolute Gasteiger partial charge is 0.276 e. The van der Waals surface area contributed by atoms with Crippen LogP contribution in [0.3, 0.4) is 0 Å². The molecule has 0 aliphatic heterocycles. The second-order valence-electron chi connectivity index (χ2n) is 6.94. The van der Waals surface area contributed by atoms with Crippen molar-refractivity contribution < 1.29 is 19.1 Å². The lowest BCUT2D eigenvalue weighted by Gasteiger charge is -2.12. The molecule has 0 saturated heterocycles. The lowest BCUT2D eigenvalue weighted by atomic mass is 10.2. The maximum Gasteiger partial charge on any atom is 0.276 e. The van der Waals surface area contributed by atoms with Gasteiger partial charge in [-0.25, -0.2) is 0 Å². The van der Waals surface area contributed by atoms with Crippen molar-refractivity contribution in [1.82, 2.24) is 16.2 Å². The van der Waals surface area contributed by atoms with E-state index >= 15 is 0 Å². The molecule has 8 heteroatoms. The van der Waals surface area contributed by atoms with E-state index in [1.807, 2.05) is 25.1 Å². The first-order chi connectivity index (χ1) is 15.0. The Hall–Kier alpha value is -3.13. The summed E-state index contributed by atoms with van der Waals surface area (Å²) in [5, 5.41) is 2.48. The fourth-order valence-electron chi connectivity index (χ4n) is 2.65. The Balaban J connectivity index is 1.68. The molecule has 0 fully saturated rings. The van der Waals surface area contributed by atoms with Crippen molar-refractivity contribution in [2.75, 3.05) is 13.2 Å². The van der Waals surface area contributed by atoms with Crippen LogP contribution < -0.4 is 25.6 Å². The van der Waals surface area contributed by atoms with Gasteiger partial charge in [-0.2, -0.15) is 0 Å². The van der Waals surface area contributed by atoms with Crippen molar-refractivity contribution in [2.24, 2.45) is 0 Å². The van der Waals surface area contributed by atoms with Gasteiger partial charge in [0.05, 0.1) is 6.61 Å². The average Bonchev–Trinajstić information content (AvgIpc) is 2.77. The lowest BCUT2D eigenvalue weighted by molar-refractivity contribution is -0.123. The van der Waals surface area contributed by atoms with E-state index in [1.165, 1.54) is 12.8 Å². The van der Waals surface area contributed by atoms with Crippen LogP contribution in [0.1, 0.15) is 48.5 Å². The third-order valence-electron chi connectivity index (χ3n) is 4.38. The molecule has 2 rings (SSSR count). The summed E-state index contributed by atoms with van der Waals surface area (Å²) in [5.74, 6) is 0.522. The molecule has 0 aliphatic carbocycles. The highest BCUT2D eigenvalue weighted by atomic mass is 32.1. The molecule has 0 unspecified atom stereocenters. The number of nitrogens with one attached hydrogen (secondary N) is 3. The first kappa shape index (κ1) is 24.1. The minimum atomic E-state index is -0.430. The van der Waals surface area contributed by atoms with Crippen LogP contribution in [0.4, 0.5) is 0 Å². The van der Waals surface area contributed by atoms with Gasteiger partial charge >= 0.3 is 0 Å². The van der Waals surface area contributed by atoms with Crippen molar-refractivity contribution >= 4 is 29.1 Å². The van der Waals surface area contributed by atoms with Crippen LogP contribution >= 0.6 is 12.2 Å². The van der Waals surface area contributed by atoms with Gasteiger partial charge in [-0.3, -0.25) is 25.8 Å². The van der Waals surface area contributed by atoms with Gasteiger partial charge in [-0.1, -0.05) is 44.4 Å². The number of unbranched alkanes of at least 4 members (excludes halogenated alkanes) is 3. The number of hydrazine groups is 1. The van der Waals surface area contributed by atoms with Crippen molar-refractivity contribution in [3.05, 3.63) is 59.7 Å². The number of carbonyl (C=O) groups is 2. The molecule has 3 N–H and O–H groups in total. The van der Waals surface area contributed by atoms with Crippen LogP contribution in [-0.4, -0.2) is 30.1 Å². The number of ether oxygens (including phenoxy) is 2. The first-order valence-electron chi connectivity index (χ1n) is 10.3. The van der Waals surface area contributed by atoms with Crippen LogP contribution in [0.25, 0.3) is 0 Å². The van der Waals surface area contributed by atoms with Crippen LogP contribution in [0, 0.1) is 6.92 Å². The maximum atomic E-state index is 12.3. The van der Waals surface area contributed by atoms with Gasteiger partial charge in [0.2, 0.25) is 0 Å². The molecule has 0 bridgehead atoms. The minimum absolute atomic E-state index is 0.0227. The molecule has 166 valence electrons. The van der Waals surface area contributed by atoms with Crippen LogP contribution in [-0.2, 0) is 4.79 Å². The van der Waals surface area contributed by atoms with Gasteiger partial charge in [-0.05, 0) is 61.5 Å². The van der Waals surface area contributed by atoms with Gasteiger partial charge in [0.1, 0.15) is 11.5 Å². The van der Waals surface area contributed by atoms with E-state index in [0.717, 1.165) is 24.2 Å². The van der Waals surface area contributed by atoms with Gasteiger partial charge < -0.3 is 9.47 Å². The number of thiocarbonyl (C=S) groups is 1. The van der Waals surface area contributed by atoms with Gasteiger partial charge in [0, 0.05) is 5.56 Å². The molecule has 2 aromatic rings. The molecule has 0 aliphatic rings. The first-order valence-corrected chi connectivity index (χ1v) is 10.7. The van der Waals surface area contributed by atoms with E-state index in [2.05, 4.69) is 23.1 Å². The Labute approximate surface area is 188 Å². The quantitative estimate of drug-likeness (QED) is 0.295. The van der Waals surface area contributed by atoms with Gasteiger partial charge in [0.25, 0.3) is 11.8 Å². The molecular formula is C23H29N3O4S. The summed E-state index contributed by atoms with van der Waals surface area (Å²) < 4.78 is 11.1. The summed E-state index contributed by atoms with van der Waals surface area (Å²) in [7, 11) is 0. The highest BCUT2D eigenvalue weighted by Crippen LogP contribution is 2.15. The number of hydrogen-bond acceptors (Lipinski definition) is 5. The number of hydrogen-bond donors (Lipinski definition) is 3. The summed E-state index contributed by atoms with van der Waals surface area (Å²) in [6, 6.07) is 14.2. The summed E-state index contributed by atoms with van der Waals surface area (Å²) >= 11 is 5.04. The molecular weight excluding hydrogens is 414 g/mol. The summed E-state index contributed by atoms with van der Waals surface area (Å²) in [5.41, 5.74) is 6.23. The highest BCUT2D eigenvalue weighted by molar-refractivity contribution is 7.80. The normalized spacial score (nSPS) is 10.1. The number of amides is 2. The minimum Gasteiger partial charge on any atom is -0.494 e. The number of rotatable bonds is 10. The predicted molar refractivity (Wildman–Crippen MR) is 124 cm³/mol. The zero-order chi connectivity index (χ0) is 22.5. The monoisotopic (exact) mass is 443 g/mol. The second kappa shape index (κ2) is 13.2. The molecule has 0 saturated carbocycles. The SMILES string of the molecule is CCCCCCOc1ccc(C(=O)NC(=S)NNC(=O)COc2ccccc2C)cc1. The van der Waals surface area contributed by atoms with Gasteiger partial charge in [-0.15, -0.1) is 0 Å². The van der Waals surface area contributed by atoms with E-state index in [-0.39, 0.29) is 11.7 Å². The molecule has 0 spiro atoms. The van der Waals surface area contributed by atoms with E-state index < -0.39 is 11.8 Å². The van der Waals surface area contributed by atoms with E-state index in [9.17, 15) is 9.59 Å². The van der Waals surface area contributed by atoms with Crippen LogP contribution in [0.2, 0.25) is 0 Å². The fourth-order valence-corrected chi connectivity index (χ4v) is 2.80. The standard InChI is InChI=1S/C23H29N3O4S/c1-3-4-5-8-15-29-19-13-11-18(12-14-19)22(28)24-23(31)26-25-21(27)16-30-20-10-7-6-9-17(20)2/h6-7,9-14H,3-5,8,15-16H2,1-2H3,(H,25,27)(H2,24,26,28,31). The Morgan fingerprint density at radius 2 is 1.68 bits per heavy atom. The van der Waals surface area contributed by atoms with Gasteiger partial charge in [0.15, 0.2) is 11.7 Å². The van der Waals surface area contributed by atoms with Crippen LogP contribution in [0.5, 0.6) is 11.5 Å². The second-order valence-corrected chi connectivity index (χ2v) is 7.35.